The smallest absolute Gasteiger partial charge is 0.326 e. The Hall–Kier alpha value is -4.30. The van der Waals surface area contributed by atoms with Crippen LogP contribution < -0.4 is 27.4 Å². The van der Waals surface area contributed by atoms with Gasteiger partial charge in [0.25, 0.3) is 0 Å². The van der Waals surface area contributed by atoms with E-state index in [1.807, 2.05) is 0 Å². The van der Waals surface area contributed by atoms with Gasteiger partial charge in [-0.05, 0) is 12.5 Å². The van der Waals surface area contributed by atoms with Crippen molar-refractivity contribution < 1.29 is 34.2 Å². The number of nitrogens with zero attached hydrogens (tertiary/aromatic N) is 1. The lowest BCUT2D eigenvalue weighted by molar-refractivity contribution is -0.143. The highest BCUT2D eigenvalue weighted by atomic mass is 16.4. The van der Waals surface area contributed by atoms with E-state index in [0.717, 1.165) is 0 Å². The van der Waals surface area contributed by atoms with Crippen LogP contribution in [-0.2, 0) is 36.8 Å². The summed E-state index contributed by atoms with van der Waals surface area (Å²) >= 11 is 0. The van der Waals surface area contributed by atoms with Gasteiger partial charge in [-0.15, -0.1) is 0 Å². The Morgan fingerprint density at radius 2 is 1.62 bits per heavy atom. The van der Waals surface area contributed by atoms with Crippen molar-refractivity contribution in [3.8, 4) is 0 Å². The summed E-state index contributed by atoms with van der Waals surface area (Å²) in [6.07, 6.45) is 0.766. The molecular weight excluding hydrogens is 486 g/mol. The number of benzene rings is 1. The Morgan fingerprint density at radius 1 is 0.973 bits per heavy atom. The number of carbonyl (C=O) groups excluding carboxylic acids is 4. The number of aliphatic carboxylic acids is 1. The van der Waals surface area contributed by atoms with Gasteiger partial charge in [-0.1, -0.05) is 30.3 Å². The minimum atomic E-state index is -1.55. The highest BCUT2D eigenvalue weighted by Crippen LogP contribution is 2.06. The van der Waals surface area contributed by atoms with Crippen LogP contribution in [0.3, 0.4) is 0 Å². The highest BCUT2D eigenvalue weighted by Gasteiger charge is 2.33. The van der Waals surface area contributed by atoms with E-state index in [4.69, 9.17) is 11.5 Å². The van der Waals surface area contributed by atoms with Gasteiger partial charge in [0.05, 0.1) is 24.9 Å². The molecular formula is C23H31N7O7. The molecule has 0 saturated heterocycles. The first kappa shape index (κ1) is 28.9. The van der Waals surface area contributed by atoms with E-state index in [1.165, 1.54) is 19.4 Å². The van der Waals surface area contributed by atoms with E-state index >= 15 is 0 Å². The molecule has 1 heterocycles. The standard InChI is InChI=1S/C23H31N7O7/c1-12(31)19(22(35)29-17(23(36)37)7-13-5-3-2-4-6-13)30-21(34)16(8-14-10-26-11-27-14)28-20(33)15(24)9-18(25)32/h2-6,10-12,15-17,19,31H,7-9,24H2,1H3,(H2,25,32)(H,26,27)(H,28,33)(H,29,35)(H,30,34)(H,36,37). The summed E-state index contributed by atoms with van der Waals surface area (Å²) in [4.78, 5) is 67.8. The number of aliphatic hydroxyl groups excluding tert-OH is 1. The Kier molecular flexibility index (Phi) is 10.7. The number of carboxylic acid groups (broad SMARTS) is 1. The molecule has 5 unspecified atom stereocenters. The zero-order valence-electron chi connectivity index (χ0n) is 20.1. The van der Waals surface area contributed by atoms with Crippen LogP contribution in [0, 0.1) is 0 Å². The van der Waals surface area contributed by atoms with Crippen molar-refractivity contribution in [3.63, 3.8) is 0 Å². The average Bonchev–Trinajstić information content (AvgIpc) is 3.34. The van der Waals surface area contributed by atoms with Crippen LogP contribution in [0.25, 0.3) is 0 Å². The minimum Gasteiger partial charge on any atom is -0.480 e. The van der Waals surface area contributed by atoms with Crippen LogP contribution in [0.2, 0.25) is 0 Å². The van der Waals surface area contributed by atoms with E-state index < -0.39 is 66.3 Å². The largest absolute Gasteiger partial charge is 0.480 e. The van der Waals surface area contributed by atoms with Gasteiger partial charge in [-0.25, -0.2) is 9.78 Å². The Balaban J connectivity index is 2.16. The first-order chi connectivity index (χ1) is 17.5. The molecule has 0 radical (unpaired) electrons. The van der Waals surface area contributed by atoms with E-state index in [-0.39, 0.29) is 12.8 Å². The van der Waals surface area contributed by atoms with Gasteiger partial charge in [0.1, 0.15) is 18.1 Å². The van der Waals surface area contributed by atoms with Crippen molar-refractivity contribution in [1.29, 1.82) is 0 Å². The molecule has 200 valence electrons. The predicted octanol–water partition coefficient (Wildman–Crippen LogP) is -2.68. The number of imidazole rings is 1. The first-order valence-electron chi connectivity index (χ1n) is 11.3. The van der Waals surface area contributed by atoms with Crippen molar-refractivity contribution in [2.45, 2.75) is 56.5 Å². The lowest BCUT2D eigenvalue weighted by Crippen LogP contribution is -2.60. The van der Waals surface area contributed by atoms with Gasteiger partial charge in [0.15, 0.2) is 0 Å². The summed E-state index contributed by atoms with van der Waals surface area (Å²) in [5.41, 5.74) is 11.8. The molecule has 0 saturated carbocycles. The van der Waals surface area contributed by atoms with Crippen LogP contribution in [0.15, 0.2) is 42.9 Å². The number of aliphatic hydroxyl groups is 1. The number of carbonyl (C=O) groups is 5. The predicted molar refractivity (Wildman–Crippen MR) is 129 cm³/mol. The number of primary amides is 1. The number of aromatic nitrogens is 2. The fourth-order valence-electron chi connectivity index (χ4n) is 3.38. The molecule has 4 amide bonds. The van der Waals surface area contributed by atoms with Gasteiger partial charge in [0.2, 0.25) is 23.6 Å². The Morgan fingerprint density at radius 3 is 2.16 bits per heavy atom. The molecule has 37 heavy (non-hydrogen) atoms. The summed E-state index contributed by atoms with van der Waals surface area (Å²) in [7, 11) is 0. The third kappa shape index (κ3) is 9.35. The number of carboxylic acids is 1. The van der Waals surface area contributed by atoms with E-state index in [1.54, 1.807) is 30.3 Å². The number of rotatable bonds is 14. The monoisotopic (exact) mass is 517 g/mol. The van der Waals surface area contributed by atoms with Gasteiger partial charge in [-0.2, -0.15) is 0 Å². The lowest BCUT2D eigenvalue weighted by Gasteiger charge is -2.26. The number of hydrogen-bond donors (Lipinski definition) is 8. The average molecular weight is 518 g/mol. The summed E-state index contributed by atoms with van der Waals surface area (Å²) in [5.74, 6) is -4.77. The fraction of sp³-hybridized carbons (Fsp3) is 0.391. The number of H-pyrrole nitrogens is 1. The third-order valence-corrected chi connectivity index (χ3v) is 5.33. The molecule has 2 rings (SSSR count). The van der Waals surface area contributed by atoms with Crippen molar-refractivity contribution >= 4 is 29.6 Å². The SMILES string of the molecule is CC(O)C(NC(=O)C(Cc1cnc[nH]1)NC(=O)C(N)CC(N)=O)C(=O)NC(Cc1ccccc1)C(=O)O. The van der Waals surface area contributed by atoms with Crippen molar-refractivity contribution in [2.24, 2.45) is 11.5 Å². The second-order valence-electron chi connectivity index (χ2n) is 8.44. The van der Waals surface area contributed by atoms with Crippen LogP contribution in [0.5, 0.6) is 0 Å². The molecule has 0 fully saturated rings. The van der Waals surface area contributed by atoms with Gasteiger partial charge < -0.3 is 42.6 Å². The minimum absolute atomic E-state index is 0.0291. The van der Waals surface area contributed by atoms with Crippen LogP contribution in [0.4, 0.5) is 0 Å². The molecule has 10 N–H and O–H groups in total. The molecule has 1 aromatic carbocycles. The maximum absolute atomic E-state index is 13.1. The maximum atomic E-state index is 13.1. The molecule has 0 aliphatic heterocycles. The van der Waals surface area contributed by atoms with Crippen LogP contribution in [0.1, 0.15) is 24.6 Å². The number of nitrogens with two attached hydrogens (primary N) is 2. The zero-order valence-corrected chi connectivity index (χ0v) is 20.1. The lowest BCUT2D eigenvalue weighted by atomic mass is 10.0. The van der Waals surface area contributed by atoms with Gasteiger partial charge >= 0.3 is 5.97 Å². The molecule has 0 aliphatic rings. The maximum Gasteiger partial charge on any atom is 0.326 e. The number of hydrogen-bond acceptors (Lipinski definition) is 8. The number of aromatic amines is 1. The molecule has 5 atom stereocenters. The van der Waals surface area contributed by atoms with E-state index in [0.29, 0.717) is 11.3 Å². The number of amides is 4. The Bertz CT molecular complexity index is 1080. The fourth-order valence-corrected chi connectivity index (χ4v) is 3.38. The molecule has 0 bridgehead atoms. The summed E-state index contributed by atoms with van der Waals surface area (Å²) in [6, 6.07) is 3.10. The molecule has 1 aromatic heterocycles. The van der Waals surface area contributed by atoms with Gasteiger partial charge in [0, 0.05) is 24.7 Å². The van der Waals surface area contributed by atoms with Crippen molar-refractivity contribution in [3.05, 3.63) is 54.1 Å². The van der Waals surface area contributed by atoms with Crippen molar-refractivity contribution in [2.75, 3.05) is 0 Å². The van der Waals surface area contributed by atoms with E-state index in [9.17, 15) is 34.2 Å². The second-order valence-corrected chi connectivity index (χ2v) is 8.44. The Labute approximate surface area is 212 Å². The second kappa shape index (κ2) is 13.7. The van der Waals surface area contributed by atoms with Gasteiger partial charge in [-0.3, -0.25) is 19.2 Å². The summed E-state index contributed by atoms with van der Waals surface area (Å²) in [5, 5.41) is 26.8. The topological polar surface area (TPSA) is 243 Å². The van der Waals surface area contributed by atoms with E-state index in [2.05, 4.69) is 25.9 Å². The summed E-state index contributed by atoms with van der Waals surface area (Å²) < 4.78 is 0. The zero-order chi connectivity index (χ0) is 27.5. The molecule has 2 aromatic rings. The molecule has 14 heteroatoms. The van der Waals surface area contributed by atoms with Crippen molar-refractivity contribution in [1.82, 2.24) is 25.9 Å². The third-order valence-electron chi connectivity index (χ3n) is 5.33. The number of nitrogens with one attached hydrogen (secondary N) is 4. The molecule has 0 aliphatic carbocycles. The summed E-state index contributed by atoms with van der Waals surface area (Å²) in [6.45, 7) is 1.24. The molecule has 14 nitrogen and oxygen atoms in total. The molecule has 0 spiro atoms. The first-order valence-corrected chi connectivity index (χ1v) is 11.3. The normalized spacial score (nSPS) is 14.9. The quantitative estimate of drug-likeness (QED) is 0.130. The van der Waals surface area contributed by atoms with Crippen LogP contribution in [-0.4, -0.2) is 80.1 Å². The van der Waals surface area contributed by atoms with Crippen LogP contribution >= 0.6 is 0 Å². The highest BCUT2D eigenvalue weighted by molar-refractivity contribution is 5.95.